The minimum Gasteiger partial charge on any atom is -0.493 e. The number of carbonyl (C=O) groups excluding carboxylic acids is 1. The molecule has 0 spiro atoms. The average Bonchev–Trinajstić information content (AvgIpc) is 3.18. The Morgan fingerprint density at radius 2 is 1.73 bits per heavy atom. The number of likely N-dealkylation sites (tertiary alicyclic amines) is 1. The van der Waals surface area contributed by atoms with E-state index in [1.54, 1.807) is 24.3 Å². The normalized spacial score (nSPS) is 13.9. The van der Waals surface area contributed by atoms with Crippen LogP contribution in [0, 0.1) is 11.7 Å². The van der Waals surface area contributed by atoms with Crippen molar-refractivity contribution in [1.29, 1.82) is 0 Å². The fraction of sp³-hybridized carbons (Fsp3) is 0.268. The molecule has 4 aromatic carbocycles. The molecule has 1 saturated heterocycles. The standard InChI is InChI=1S/C41H36ClF4N5O5/c1-24-13-17-50(18-14-24)16-5-19-55-37-23-31-28(22-36(37)54-2)34(12-15-47-31)56-35-11-9-26(21-30(35)43)48-40(53)38-39(52)27-6-3-4-7-32(27)51(49-38)33-20-25(41(44,45)46)8-10-29(33)42/h3-4,6-12,15,20-24H,5,13-14,16-19H2,1-2H3,(H,48,53). The summed E-state index contributed by atoms with van der Waals surface area (Å²) in [4.78, 5) is 33.8. The number of benzene rings is 4. The van der Waals surface area contributed by atoms with Crippen LogP contribution in [0.15, 0.2) is 89.9 Å². The third-order valence-corrected chi connectivity index (χ3v) is 9.98. The molecule has 0 radical (unpaired) electrons. The summed E-state index contributed by atoms with van der Waals surface area (Å²) in [6.45, 7) is 5.93. The zero-order valence-corrected chi connectivity index (χ0v) is 31.1. The number of piperidine rings is 1. The molecule has 0 unspecified atom stereocenters. The molecule has 1 N–H and O–H groups in total. The Morgan fingerprint density at radius 3 is 2.48 bits per heavy atom. The Labute approximate surface area is 323 Å². The summed E-state index contributed by atoms with van der Waals surface area (Å²) in [5.74, 6) is -0.0204. The van der Waals surface area contributed by atoms with Gasteiger partial charge in [-0.3, -0.25) is 14.6 Å². The third-order valence-electron chi connectivity index (χ3n) is 9.66. The number of carbonyl (C=O) groups is 1. The minimum absolute atomic E-state index is 0.00137. The molecule has 6 aromatic rings. The van der Waals surface area contributed by atoms with E-state index in [-0.39, 0.29) is 38.8 Å². The maximum atomic E-state index is 15.5. The summed E-state index contributed by atoms with van der Waals surface area (Å²) in [5, 5.41) is 7.01. The van der Waals surface area contributed by atoms with Crippen LogP contribution in [0.5, 0.6) is 23.0 Å². The molecule has 0 aliphatic carbocycles. The molecular formula is C41H36ClF4N5O5. The van der Waals surface area contributed by atoms with E-state index in [1.807, 2.05) is 0 Å². The molecule has 7 rings (SSSR count). The van der Waals surface area contributed by atoms with Crippen LogP contribution in [0.1, 0.15) is 42.2 Å². The number of nitrogens with zero attached hydrogens (tertiary/aromatic N) is 4. The average molecular weight is 790 g/mol. The van der Waals surface area contributed by atoms with Crippen LogP contribution >= 0.6 is 11.6 Å². The van der Waals surface area contributed by atoms with E-state index in [9.17, 15) is 22.8 Å². The number of pyridine rings is 1. The van der Waals surface area contributed by atoms with Crippen molar-refractivity contribution < 1.29 is 36.6 Å². The highest BCUT2D eigenvalue weighted by Gasteiger charge is 2.32. The number of amides is 1. The molecule has 1 aliphatic rings. The Balaban J connectivity index is 1.09. The molecule has 1 fully saturated rings. The summed E-state index contributed by atoms with van der Waals surface area (Å²) in [5.41, 5.74) is -2.06. The van der Waals surface area contributed by atoms with Crippen molar-refractivity contribution in [3.63, 3.8) is 0 Å². The summed E-state index contributed by atoms with van der Waals surface area (Å²) < 4.78 is 75.0. The molecule has 15 heteroatoms. The van der Waals surface area contributed by atoms with Crippen molar-refractivity contribution in [2.75, 3.05) is 38.7 Å². The van der Waals surface area contributed by atoms with Gasteiger partial charge >= 0.3 is 6.18 Å². The number of ether oxygens (including phenoxy) is 3. The van der Waals surface area contributed by atoms with Crippen molar-refractivity contribution in [3.05, 3.63) is 117 Å². The molecule has 1 aliphatic heterocycles. The first-order valence-electron chi connectivity index (χ1n) is 17.9. The summed E-state index contributed by atoms with van der Waals surface area (Å²) >= 11 is 6.30. The SMILES string of the molecule is COc1cc2c(Oc3ccc(NC(=O)c4nn(-c5cc(C(F)(F)F)ccc5Cl)c5ccccc5c4=O)cc3F)ccnc2cc1OCCCN1CCC(C)CC1. The summed E-state index contributed by atoms with van der Waals surface area (Å²) in [6, 6.07) is 17.3. The van der Waals surface area contributed by atoms with Crippen molar-refractivity contribution in [3.8, 4) is 28.7 Å². The van der Waals surface area contributed by atoms with Gasteiger partial charge in [-0.15, -0.1) is 0 Å². The highest BCUT2D eigenvalue weighted by molar-refractivity contribution is 6.32. The first kappa shape index (κ1) is 38.5. The maximum absolute atomic E-state index is 15.5. The predicted molar refractivity (Wildman–Crippen MR) is 205 cm³/mol. The largest absolute Gasteiger partial charge is 0.493 e. The third kappa shape index (κ3) is 8.26. The van der Waals surface area contributed by atoms with Crippen LogP contribution in [-0.2, 0) is 6.18 Å². The lowest BCUT2D eigenvalue weighted by Crippen LogP contribution is -2.34. The topological polar surface area (TPSA) is 108 Å². The Kier molecular flexibility index (Phi) is 11.1. The van der Waals surface area contributed by atoms with E-state index in [1.165, 1.54) is 56.5 Å². The molecule has 0 saturated carbocycles. The zero-order valence-electron chi connectivity index (χ0n) is 30.3. The van der Waals surface area contributed by atoms with Crippen LogP contribution in [0.2, 0.25) is 5.02 Å². The van der Waals surface area contributed by atoms with Crippen LogP contribution < -0.4 is 25.0 Å². The number of aromatic nitrogens is 3. The van der Waals surface area contributed by atoms with Crippen molar-refractivity contribution in [2.24, 2.45) is 5.92 Å². The molecule has 290 valence electrons. The minimum atomic E-state index is -4.70. The highest BCUT2D eigenvalue weighted by atomic mass is 35.5. The number of para-hydroxylation sites is 1. The fourth-order valence-electron chi connectivity index (χ4n) is 6.58. The lowest BCUT2D eigenvalue weighted by molar-refractivity contribution is -0.137. The second kappa shape index (κ2) is 16.2. The molecule has 0 atom stereocenters. The van der Waals surface area contributed by atoms with Crippen molar-refractivity contribution >= 4 is 45.0 Å². The smallest absolute Gasteiger partial charge is 0.416 e. The van der Waals surface area contributed by atoms with Crippen LogP contribution in [-0.4, -0.2) is 58.9 Å². The van der Waals surface area contributed by atoms with Gasteiger partial charge in [0, 0.05) is 35.9 Å². The Hall–Kier alpha value is -5.73. The Morgan fingerprint density at radius 1 is 0.946 bits per heavy atom. The molecule has 56 heavy (non-hydrogen) atoms. The van der Waals surface area contributed by atoms with Gasteiger partial charge in [-0.1, -0.05) is 30.7 Å². The van der Waals surface area contributed by atoms with Gasteiger partial charge in [-0.2, -0.15) is 18.3 Å². The molecule has 1 amide bonds. The van der Waals surface area contributed by atoms with Crippen LogP contribution in [0.25, 0.3) is 27.5 Å². The number of alkyl halides is 3. The van der Waals surface area contributed by atoms with Gasteiger partial charge in [0.1, 0.15) is 5.75 Å². The number of nitrogens with one attached hydrogen (secondary N) is 1. The first-order valence-corrected chi connectivity index (χ1v) is 18.3. The second-order valence-corrected chi connectivity index (χ2v) is 13.9. The lowest BCUT2D eigenvalue weighted by atomic mass is 9.99. The van der Waals surface area contributed by atoms with Crippen LogP contribution in [0.4, 0.5) is 23.2 Å². The molecular weight excluding hydrogens is 754 g/mol. The van der Waals surface area contributed by atoms with E-state index in [0.29, 0.717) is 29.0 Å². The van der Waals surface area contributed by atoms with E-state index in [4.69, 9.17) is 25.8 Å². The number of methoxy groups -OCH3 is 1. The zero-order chi connectivity index (χ0) is 39.6. The van der Waals surface area contributed by atoms with Gasteiger partial charge < -0.3 is 24.4 Å². The van der Waals surface area contributed by atoms with Crippen LogP contribution in [0.3, 0.4) is 0 Å². The van der Waals surface area contributed by atoms with Crippen molar-refractivity contribution in [1.82, 2.24) is 19.7 Å². The maximum Gasteiger partial charge on any atom is 0.416 e. The fourth-order valence-corrected chi connectivity index (χ4v) is 6.77. The number of anilines is 1. The number of hydrogen-bond donors (Lipinski definition) is 1. The van der Waals surface area contributed by atoms with Gasteiger partial charge in [0.15, 0.2) is 28.8 Å². The molecule has 3 heterocycles. The summed E-state index contributed by atoms with van der Waals surface area (Å²) in [6.07, 6.45) is 0.0958. The van der Waals surface area contributed by atoms with Gasteiger partial charge in [0.05, 0.1) is 46.4 Å². The van der Waals surface area contributed by atoms with E-state index in [0.717, 1.165) is 60.9 Å². The van der Waals surface area contributed by atoms with E-state index in [2.05, 4.69) is 27.2 Å². The van der Waals surface area contributed by atoms with E-state index >= 15 is 4.39 Å². The quantitative estimate of drug-likeness (QED) is 0.102. The lowest BCUT2D eigenvalue weighted by Gasteiger charge is -2.30. The first-order chi connectivity index (χ1) is 26.9. The van der Waals surface area contributed by atoms with Gasteiger partial charge in [-0.05, 0) is 92.9 Å². The summed E-state index contributed by atoms with van der Waals surface area (Å²) in [7, 11) is 1.52. The van der Waals surface area contributed by atoms with Gasteiger partial charge in [0.25, 0.3) is 5.91 Å². The molecule has 2 aromatic heterocycles. The number of hydrogen-bond acceptors (Lipinski definition) is 8. The number of fused-ring (bicyclic) bond motifs is 2. The Bertz CT molecular complexity index is 2490. The second-order valence-electron chi connectivity index (χ2n) is 13.5. The number of halogens is 5. The molecule has 10 nitrogen and oxygen atoms in total. The van der Waals surface area contributed by atoms with Gasteiger partial charge in [-0.25, -0.2) is 9.07 Å². The van der Waals surface area contributed by atoms with Gasteiger partial charge in [0.2, 0.25) is 5.43 Å². The molecule has 0 bridgehead atoms. The van der Waals surface area contributed by atoms with Crippen molar-refractivity contribution in [2.45, 2.75) is 32.4 Å². The number of rotatable bonds is 11. The predicted octanol–water partition coefficient (Wildman–Crippen LogP) is 9.30. The van der Waals surface area contributed by atoms with E-state index < -0.39 is 34.6 Å². The highest BCUT2D eigenvalue weighted by Crippen LogP contribution is 2.38. The monoisotopic (exact) mass is 789 g/mol.